The lowest BCUT2D eigenvalue weighted by atomic mass is 10.0. The predicted octanol–water partition coefficient (Wildman–Crippen LogP) is 3.08. The molecule has 3 heteroatoms. The van der Waals surface area contributed by atoms with Crippen LogP contribution >= 0.6 is 23.4 Å². The molecule has 14 heavy (non-hydrogen) atoms. The number of hydrogen-bond acceptors (Lipinski definition) is 2. The van der Waals surface area contributed by atoms with Gasteiger partial charge in [-0.1, -0.05) is 6.92 Å². The van der Waals surface area contributed by atoms with Crippen LogP contribution in [-0.4, -0.2) is 41.4 Å². The van der Waals surface area contributed by atoms with Gasteiger partial charge >= 0.3 is 0 Å². The van der Waals surface area contributed by atoms with Gasteiger partial charge in [0.05, 0.1) is 0 Å². The molecule has 0 amide bonds. The fraction of sp³-hybridized carbons (Fsp3) is 1.00. The zero-order chi connectivity index (χ0) is 10.4. The molecule has 2 atom stereocenters. The first-order chi connectivity index (χ1) is 6.74. The van der Waals surface area contributed by atoms with Crippen molar-refractivity contribution in [3.8, 4) is 0 Å². The number of nitrogens with zero attached hydrogens (tertiary/aromatic N) is 1. The topological polar surface area (TPSA) is 3.24 Å². The Balaban J connectivity index is 2.15. The third-order valence-electron chi connectivity index (χ3n) is 3.02. The Labute approximate surface area is 97.6 Å². The van der Waals surface area contributed by atoms with Crippen molar-refractivity contribution in [3.05, 3.63) is 0 Å². The molecule has 84 valence electrons. The molecule has 0 aromatic carbocycles. The van der Waals surface area contributed by atoms with Crippen molar-refractivity contribution < 1.29 is 0 Å². The minimum absolute atomic E-state index is 0.775. The van der Waals surface area contributed by atoms with E-state index in [1.807, 2.05) is 0 Å². The average molecular weight is 236 g/mol. The normalized spacial score (nSPS) is 26.4. The zero-order valence-electron chi connectivity index (χ0n) is 9.34. The molecule has 1 saturated heterocycles. The molecule has 1 rings (SSSR count). The average Bonchev–Trinajstić information content (AvgIpc) is 2.17. The van der Waals surface area contributed by atoms with E-state index in [0.717, 1.165) is 17.8 Å². The monoisotopic (exact) mass is 235 g/mol. The van der Waals surface area contributed by atoms with E-state index in [-0.39, 0.29) is 0 Å². The second-order valence-electron chi connectivity index (χ2n) is 4.33. The Morgan fingerprint density at radius 2 is 2.29 bits per heavy atom. The van der Waals surface area contributed by atoms with Crippen molar-refractivity contribution >= 4 is 23.4 Å². The maximum absolute atomic E-state index is 5.73. The van der Waals surface area contributed by atoms with Crippen LogP contribution in [-0.2, 0) is 0 Å². The third kappa shape index (κ3) is 4.41. The maximum Gasteiger partial charge on any atom is 0.0225 e. The molecule has 1 heterocycles. The Morgan fingerprint density at radius 1 is 1.50 bits per heavy atom. The van der Waals surface area contributed by atoms with Gasteiger partial charge in [-0.15, -0.1) is 11.6 Å². The molecule has 0 aromatic heterocycles. The molecule has 0 aliphatic carbocycles. The summed E-state index contributed by atoms with van der Waals surface area (Å²) in [6.45, 7) is 7.20. The van der Waals surface area contributed by atoms with Crippen LogP contribution in [0.3, 0.4) is 0 Å². The van der Waals surface area contributed by atoms with Crippen LogP contribution in [0.15, 0.2) is 0 Å². The summed E-state index contributed by atoms with van der Waals surface area (Å²) < 4.78 is 0. The summed E-state index contributed by atoms with van der Waals surface area (Å²) in [6.07, 6.45) is 2.47. The molecule has 0 N–H and O–H groups in total. The summed E-state index contributed by atoms with van der Waals surface area (Å²) in [4.78, 5) is 2.63. The van der Waals surface area contributed by atoms with E-state index in [9.17, 15) is 0 Å². The summed E-state index contributed by atoms with van der Waals surface area (Å²) >= 11 is 7.82. The molecule has 1 aliphatic heterocycles. The second kappa shape index (κ2) is 6.97. The summed E-state index contributed by atoms with van der Waals surface area (Å²) in [6, 6.07) is 0.775. The Hall–Kier alpha value is 0.600. The molecule has 1 nitrogen and oxygen atoms in total. The van der Waals surface area contributed by atoms with E-state index >= 15 is 0 Å². The van der Waals surface area contributed by atoms with Crippen LogP contribution in [0.1, 0.15) is 26.7 Å². The molecule has 0 spiro atoms. The first-order valence-electron chi connectivity index (χ1n) is 5.61. The zero-order valence-corrected chi connectivity index (χ0v) is 10.9. The van der Waals surface area contributed by atoms with Crippen LogP contribution in [0.5, 0.6) is 0 Å². The number of halogens is 1. The Bertz CT molecular complexity index is 154. The van der Waals surface area contributed by atoms with Gasteiger partial charge in [-0.2, -0.15) is 11.8 Å². The largest absolute Gasteiger partial charge is 0.299 e. The van der Waals surface area contributed by atoms with Gasteiger partial charge in [0.25, 0.3) is 0 Å². The fourth-order valence-electron chi connectivity index (χ4n) is 1.81. The summed E-state index contributed by atoms with van der Waals surface area (Å²) in [7, 11) is 0. The highest BCUT2D eigenvalue weighted by atomic mass is 35.5. The predicted molar refractivity (Wildman–Crippen MR) is 67.5 cm³/mol. The molecular weight excluding hydrogens is 214 g/mol. The van der Waals surface area contributed by atoms with E-state index in [2.05, 4.69) is 30.5 Å². The first-order valence-corrected chi connectivity index (χ1v) is 7.30. The highest BCUT2D eigenvalue weighted by Gasteiger charge is 2.18. The van der Waals surface area contributed by atoms with Crippen molar-refractivity contribution in [2.45, 2.75) is 32.7 Å². The Morgan fingerprint density at radius 3 is 2.93 bits per heavy atom. The van der Waals surface area contributed by atoms with Gasteiger partial charge in [0, 0.05) is 30.0 Å². The van der Waals surface area contributed by atoms with Gasteiger partial charge in [-0.05, 0) is 32.2 Å². The fourth-order valence-corrected chi connectivity index (χ4v) is 3.27. The quantitative estimate of drug-likeness (QED) is 0.674. The van der Waals surface area contributed by atoms with Crippen molar-refractivity contribution in [3.63, 3.8) is 0 Å². The number of alkyl halides is 1. The number of thioether (sulfide) groups is 1. The molecule has 0 bridgehead atoms. The smallest absolute Gasteiger partial charge is 0.0225 e. The lowest BCUT2D eigenvalue weighted by Crippen LogP contribution is -2.41. The third-order valence-corrected chi connectivity index (χ3v) is 4.42. The number of hydrogen-bond donors (Lipinski definition) is 0. The summed E-state index contributed by atoms with van der Waals surface area (Å²) in [5.41, 5.74) is 0. The second-order valence-corrected chi connectivity index (χ2v) is 5.86. The van der Waals surface area contributed by atoms with Crippen molar-refractivity contribution in [1.29, 1.82) is 0 Å². The standard InChI is InChI=1S/C11H22ClNS/c1-10(3-5-12)4-6-13-7-8-14-9-11(13)2/h10-11H,3-9H2,1-2H3. The molecule has 0 saturated carbocycles. The summed E-state index contributed by atoms with van der Waals surface area (Å²) in [5.74, 6) is 4.22. The van der Waals surface area contributed by atoms with Crippen LogP contribution in [0.25, 0.3) is 0 Å². The van der Waals surface area contributed by atoms with Gasteiger partial charge < -0.3 is 0 Å². The van der Waals surface area contributed by atoms with Crippen molar-refractivity contribution in [2.75, 3.05) is 30.5 Å². The van der Waals surface area contributed by atoms with Crippen molar-refractivity contribution in [2.24, 2.45) is 5.92 Å². The van der Waals surface area contributed by atoms with E-state index in [0.29, 0.717) is 0 Å². The molecule has 0 radical (unpaired) electrons. The van der Waals surface area contributed by atoms with Gasteiger partial charge in [0.2, 0.25) is 0 Å². The molecule has 2 unspecified atom stereocenters. The Kier molecular flexibility index (Phi) is 6.31. The van der Waals surface area contributed by atoms with Crippen molar-refractivity contribution in [1.82, 2.24) is 4.90 Å². The van der Waals surface area contributed by atoms with Gasteiger partial charge in [-0.3, -0.25) is 4.90 Å². The molecular formula is C11H22ClNS. The van der Waals surface area contributed by atoms with E-state index < -0.39 is 0 Å². The highest BCUT2D eigenvalue weighted by molar-refractivity contribution is 7.99. The van der Waals surface area contributed by atoms with Gasteiger partial charge in [0.1, 0.15) is 0 Å². The summed E-state index contributed by atoms with van der Waals surface area (Å²) in [5, 5.41) is 0. The van der Waals surface area contributed by atoms with E-state index in [1.54, 1.807) is 0 Å². The lowest BCUT2D eigenvalue weighted by Gasteiger charge is -2.33. The molecule has 1 aliphatic rings. The van der Waals surface area contributed by atoms with Crippen LogP contribution in [0.4, 0.5) is 0 Å². The van der Waals surface area contributed by atoms with Gasteiger partial charge in [-0.25, -0.2) is 0 Å². The maximum atomic E-state index is 5.73. The van der Waals surface area contributed by atoms with Crippen LogP contribution in [0.2, 0.25) is 0 Å². The number of rotatable bonds is 5. The molecule has 0 aromatic rings. The van der Waals surface area contributed by atoms with Gasteiger partial charge in [0.15, 0.2) is 0 Å². The van der Waals surface area contributed by atoms with Crippen LogP contribution < -0.4 is 0 Å². The lowest BCUT2D eigenvalue weighted by molar-refractivity contribution is 0.216. The minimum atomic E-state index is 0.775. The van der Waals surface area contributed by atoms with E-state index in [1.165, 1.54) is 37.4 Å². The van der Waals surface area contributed by atoms with E-state index in [4.69, 9.17) is 11.6 Å². The SMILES string of the molecule is CC(CCCl)CCN1CCSCC1C. The minimum Gasteiger partial charge on any atom is -0.299 e. The molecule has 1 fully saturated rings. The van der Waals surface area contributed by atoms with Crippen LogP contribution in [0, 0.1) is 5.92 Å². The highest BCUT2D eigenvalue weighted by Crippen LogP contribution is 2.18. The first kappa shape index (κ1) is 12.7.